The molecule has 0 N–H and O–H groups in total. The Kier molecular flexibility index (Phi) is 4.14. The van der Waals surface area contributed by atoms with Crippen molar-refractivity contribution in [3.05, 3.63) is 144 Å². The van der Waals surface area contributed by atoms with Crippen molar-refractivity contribution in [2.75, 3.05) is 0 Å². The van der Waals surface area contributed by atoms with Crippen molar-refractivity contribution in [3.8, 4) is 44.9 Å². The highest BCUT2D eigenvalue weighted by molar-refractivity contribution is 6.11. The largest absolute Gasteiger partial charge is 0.456 e. The summed E-state index contributed by atoms with van der Waals surface area (Å²) in [6, 6.07) is 46.0. The minimum Gasteiger partial charge on any atom is -0.456 e. The van der Waals surface area contributed by atoms with Gasteiger partial charge in [-0.25, -0.2) is 0 Å². The van der Waals surface area contributed by atoms with Crippen LogP contribution in [0.5, 0.6) is 11.5 Å². The lowest BCUT2D eigenvalue weighted by Gasteiger charge is -2.28. The van der Waals surface area contributed by atoms with Gasteiger partial charge < -0.3 is 4.74 Å². The molecule has 1 aliphatic heterocycles. The lowest BCUT2D eigenvalue weighted by atomic mass is 9.74. The molecule has 1 aliphatic carbocycles. The average Bonchev–Trinajstić information content (AvgIpc) is 3.23. The van der Waals surface area contributed by atoms with Crippen LogP contribution in [0.25, 0.3) is 44.2 Å². The first-order valence-corrected chi connectivity index (χ1v) is 12.9. The Morgan fingerprint density at radius 3 is 2.03 bits per heavy atom. The molecule has 2 aliphatic rings. The monoisotopic (exact) mass is 472 g/mol. The fourth-order valence-corrected chi connectivity index (χ4v) is 6.66. The normalized spacial score (nSPS) is 16.6. The van der Waals surface area contributed by atoms with Crippen molar-refractivity contribution in [2.45, 2.75) is 12.3 Å². The second kappa shape index (κ2) is 7.44. The molecule has 174 valence electrons. The van der Waals surface area contributed by atoms with Gasteiger partial charge >= 0.3 is 0 Å². The number of benzene rings is 6. The molecule has 1 unspecified atom stereocenters. The zero-order valence-electron chi connectivity index (χ0n) is 20.5. The zero-order chi connectivity index (χ0) is 24.6. The minimum absolute atomic E-state index is 0.211. The summed E-state index contributed by atoms with van der Waals surface area (Å²) in [6.45, 7) is 2.37. The van der Waals surface area contributed by atoms with Crippen LogP contribution in [0.1, 0.15) is 23.6 Å². The third kappa shape index (κ3) is 2.69. The molecule has 0 saturated carbocycles. The summed E-state index contributed by atoms with van der Waals surface area (Å²) >= 11 is 0. The van der Waals surface area contributed by atoms with E-state index in [1.165, 1.54) is 55.3 Å². The van der Waals surface area contributed by atoms with Crippen LogP contribution in [-0.4, -0.2) is 0 Å². The van der Waals surface area contributed by atoms with E-state index in [0.717, 1.165) is 17.1 Å². The Morgan fingerprint density at radius 2 is 1.14 bits per heavy atom. The topological polar surface area (TPSA) is 9.23 Å². The molecule has 1 heterocycles. The number of hydrogen-bond donors (Lipinski definition) is 0. The Labute approximate surface area is 216 Å². The third-order valence-corrected chi connectivity index (χ3v) is 8.38. The SMILES string of the molecule is CC1(c2ccccc2)c2ccccc2-c2c(-c3ccc4c5c(cccc35)-c3ccccc3O4)cccc21. The molecule has 8 rings (SSSR count). The fourth-order valence-electron chi connectivity index (χ4n) is 6.66. The van der Waals surface area contributed by atoms with Gasteiger partial charge in [0.15, 0.2) is 0 Å². The van der Waals surface area contributed by atoms with Crippen LogP contribution < -0.4 is 4.74 Å². The Morgan fingerprint density at radius 1 is 0.459 bits per heavy atom. The molecule has 1 heteroatoms. The van der Waals surface area contributed by atoms with E-state index in [9.17, 15) is 0 Å². The molecule has 0 radical (unpaired) electrons. The first-order valence-electron chi connectivity index (χ1n) is 12.9. The van der Waals surface area contributed by atoms with Crippen LogP contribution in [0, 0.1) is 0 Å². The van der Waals surface area contributed by atoms with Crippen LogP contribution in [0.15, 0.2) is 127 Å². The number of fused-ring (bicyclic) bond motifs is 5. The van der Waals surface area contributed by atoms with E-state index in [0.29, 0.717) is 0 Å². The summed E-state index contributed by atoms with van der Waals surface area (Å²) in [7, 11) is 0. The zero-order valence-corrected chi connectivity index (χ0v) is 20.5. The lowest BCUT2D eigenvalue weighted by Crippen LogP contribution is -2.22. The highest BCUT2D eigenvalue weighted by atomic mass is 16.5. The molecular formula is C36H24O. The van der Waals surface area contributed by atoms with Crippen molar-refractivity contribution in [2.24, 2.45) is 0 Å². The summed E-state index contributed by atoms with van der Waals surface area (Å²) in [4.78, 5) is 0. The maximum atomic E-state index is 6.38. The van der Waals surface area contributed by atoms with E-state index >= 15 is 0 Å². The van der Waals surface area contributed by atoms with Crippen LogP contribution in [0.2, 0.25) is 0 Å². The molecule has 6 aromatic carbocycles. The first-order chi connectivity index (χ1) is 18.2. The summed E-state index contributed by atoms with van der Waals surface area (Å²) < 4.78 is 6.38. The van der Waals surface area contributed by atoms with Crippen molar-refractivity contribution >= 4 is 10.8 Å². The predicted octanol–water partition coefficient (Wildman–Crippen LogP) is 9.61. The number of hydrogen-bond acceptors (Lipinski definition) is 1. The molecule has 1 atom stereocenters. The van der Waals surface area contributed by atoms with Gasteiger partial charge in [-0.3, -0.25) is 0 Å². The van der Waals surface area contributed by atoms with Crippen LogP contribution in [-0.2, 0) is 5.41 Å². The van der Waals surface area contributed by atoms with Gasteiger partial charge in [-0.1, -0.05) is 115 Å². The fraction of sp³-hybridized carbons (Fsp3) is 0.0556. The molecule has 0 saturated heterocycles. The van der Waals surface area contributed by atoms with E-state index in [-0.39, 0.29) is 5.41 Å². The number of rotatable bonds is 2. The maximum Gasteiger partial charge on any atom is 0.135 e. The van der Waals surface area contributed by atoms with Crippen LogP contribution >= 0.6 is 0 Å². The Balaban J connectivity index is 1.44. The van der Waals surface area contributed by atoms with Gasteiger partial charge in [0, 0.05) is 16.4 Å². The number of para-hydroxylation sites is 1. The summed E-state index contributed by atoms with van der Waals surface area (Å²) in [5.74, 6) is 1.85. The summed E-state index contributed by atoms with van der Waals surface area (Å²) in [5, 5.41) is 2.41. The van der Waals surface area contributed by atoms with Crippen LogP contribution in [0.3, 0.4) is 0 Å². The quantitative estimate of drug-likeness (QED) is 0.243. The predicted molar refractivity (Wildman–Crippen MR) is 152 cm³/mol. The van der Waals surface area contributed by atoms with E-state index in [4.69, 9.17) is 4.74 Å². The second-order valence-corrected chi connectivity index (χ2v) is 10.2. The van der Waals surface area contributed by atoms with Gasteiger partial charge in [0.2, 0.25) is 0 Å². The molecule has 1 nitrogen and oxygen atoms in total. The van der Waals surface area contributed by atoms with E-state index in [1.807, 2.05) is 6.07 Å². The van der Waals surface area contributed by atoms with Gasteiger partial charge in [0.1, 0.15) is 11.5 Å². The number of ether oxygens (including phenoxy) is 1. The van der Waals surface area contributed by atoms with Gasteiger partial charge in [0.25, 0.3) is 0 Å². The van der Waals surface area contributed by atoms with Crippen molar-refractivity contribution in [1.82, 2.24) is 0 Å². The van der Waals surface area contributed by atoms with Crippen molar-refractivity contribution in [1.29, 1.82) is 0 Å². The smallest absolute Gasteiger partial charge is 0.135 e. The summed E-state index contributed by atoms with van der Waals surface area (Å²) in [6.07, 6.45) is 0. The van der Waals surface area contributed by atoms with Gasteiger partial charge in [-0.15, -0.1) is 0 Å². The molecule has 0 amide bonds. The van der Waals surface area contributed by atoms with Gasteiger partial charge in [0.05, 0.1) is 0 Å². The Bertz CT molecular complexity index is 1860. The van der Waals surface area contributed by atoms with Gasteiger partial charge in [-0.05, 0) is 69.0 Å². The van der Waals surface area contributed by atoms with E-state index < -0.39 is 0 Å². The minimum atomic E-state index is -0.211. The summed E-state index contributed by atoms with van der Waals surface area (Å²) in [5.41, 5.74) is 11.4. The lowest BCUT2D eigenvalue weighted by molar-refractivity contribution is 0.487. The Hall–Kier alpha value is -4.62. The molecule has 0 fully saturated rings. The van der Waals surface area contributed by atoms with E-state index in [1.54, 1.807) is 0 Å². The van der Waals surface area contributed by atoms with Crippen molar-refractivity contribution in [3.63, 3.8) is 0 Å². The third-order valence-electron chi connectivity index (χ3n) is 8.38. The first kappa shape index (κ1) is 20.6. The molecular weight excluding hydrogens is 448 g/mol. The molecule has 6 aromatic rings. The van der Waals surface area contributed by atoms with Gasteiger partial charge in [-0.2, -0.15) is 0 Å². The molecule has 0 spiro atoms. The second-order valence-electron chi connectivity index (χ2n) is 10.2. The van der Waals surface area contributed by atoms with Crippen molar-refractivity contribution < 1.29 is 4.74 Å². The van der Waals surface area contributed by atoms with Crippen LogP contribution in [0.4, 0.5) is 0 Å². The highest BCUT2D eigenvalue weighted by Crippen LogP contribution is 2.56. The highest BCUT2D eigenvalue weighted by Gasteiger charge is 2.41. The molecule has 0 bridgehead atoms. The molecule has 37 heavy (non-hydrogen) atoms. The van der Waals surface area contributed by atoms with E-state index in [2.05, 4.69) is 128 Å². The standard InChI is InChI=1S/C36H24O/c1-36(23-11-3-2-4-12-23)30-18-7-5-14-29(30)34-26(17-10-19-31(34)36)24-21-22-33-35-27(24)15-9-16-28(35)25-13-6-8-20-32(25)37-33/h2-22H,1H3. The average molecular weight is 473 g/mol. The molecule has 0 aromatic heterocycles. The maximum absolute atomic E-state index is 6.38.